The molecule has 9 heteroatoms. The van der Waals surface area contributed by atoms with Crippen LogP contribution in [0.3, 0.4) is 0 Å². The Morgan fingerprint density at radius 1 is 1.11 bits per heavy atom. The van der Waals surface area contributed by atoms with E-state index in [0.29, 0.717) is 42.5 Å². The molecule has 0 bridgehead atoms. The first kappa shape index (κ1) is 24.8. The second kappa shape index (κ2) is 10.9. The van der Waals surface area contributed by atoms with Gasteiger partial charge in [-0.05, 0) is 48.7 Å². The first-order chi connectivity index (χ1) is 16.9. The zero-order valence-electron chi connectivity index (χ0n) is 20.4. The monoisotopic (exact) mass is 485 g/mol. The fraction of sp³-hybridized carbons (Fsp3) is 0.462. The molecule has 0 aliphatic carbocycles. The van der Waals surface area contributed by atoms with Gasteiger partial charge in [0.05, 0.1) is 12.8 Å². The highest BCUT2D eigenvalue weighted by molar-refractivity contribution is 5.92. The first-order valence-electron chi connectivity index (χ1n) is 12.0. The van der Waals surface area contributed by atoms with Crippen LogP contribution in [-0.4, -0.2) is 56.4 Å². The fourth-order valence-electron chi connectivity index (χ4n) is 4.61. The molecular weight excluding hydrogens is 453 g/mol. The van der Waals surface area contributed by atoms with Gasteiger partial charge in [-0.1, -0.05) is 19.9 Å². The Hall–Kier alpha value is -3.33. The molecule has 188 valence electrons. The minimum Gasteiger partial charge on any atom is -0.468 e. The molecule has 2 aliphatic heterocycles. The summed E-state index contributed by atoms with van der Waals surface area (Å²) in [5, 5.41) is 2.80. The number of ether oxygens (including phenoxy) is 3. The van der Waals surface area contributed by atoms with Crippen LogP contribution in [-0.2, 0) is 20.9 Å². The molecular formula is C26H32FN3O5. The van der Waals surface area contributed by atoms with E-state index in [2.05, 4.69) is 5.32 Å². The van der Waals surface area contributed by atoms with Gasteiger partial charge in [-0.25, -0.2) is 4.39 Å². The van der Waals surface area contributed by atoms with Crippen LogP contribution in [0.25, 0.3) is 0 Å². The third-order valence-corrected chi connectivity index (χ3v) is 6.70. The number of hydrogen-bond acceptors (Lipinski definition) is 7. The van der Waals surface area contributed by atoms with Crippen molar-refractivity contribution in [3.8, 4) is 11.5 Å². The number of anilines is 2. The minimum absolute atomic E-state index is 0.101. The number of esters is 1. The lowest BCUT2D eigenvalue weighted by molar-refractivity contribution is -0.147. The van der Waals surface area contributed by atoms with Gasteiger partial charge in [0, 0.05) is 37.8 Å². The van der Waals surface area contributed by atoms with Gasteiger partial charge in [0.2, 0.25) is 12.7 Å². The van der Waals surface area contributed by atoms with E-state index in [4.69, 9.17) is 14.2 Å². The van der Waals surface area contributed by atoms with Crippen LogP contribution in [0, 0.1) is 11.7 Å². The second-order valence-corrected chi connectivity index (χ2v) is 8.81. The molecule has 2 aliphatic rings. The minimum atomic E-state index is -0.562. The SMILES string of the molecule is CCC(CC)C(=O)Nc1ccc(N2CCN(Cc3ccc4c(c3)OCO4)C(C(=O)OC)C2)c(F)c1. The number of nitrogens with zero attached hydrogens (tertiary/aromatic N) is 2. The summed E-state index contributed by atoms with van der Waals surface area (Å²) < 4.78 is 31.0. The van der Waals surface area contributed by atoms with Crippen LogP contribution in [0.1, 0.15) is 32.3 Å². The maximum Gasteiger partial charge on any atom is 0.324 e. The van der Waals surface area contributed by atoms with Crippen molar-refractivity contribution in [3.05, 3.63) is 47.8 Å². The van der Waals surface area contributed by atoms with Gasteiger partial charge < -0.3 is 24.4 Å². The number of carbonyl (C=O) groups is 2. The van der Waals surface area contributed by atoms with Crippen molar-refractivity contribution in [3.63, 3.8) is 0 Å². The Labute approximate surface area is 204 Å². The van der Waals surface area contributed by atoms with Crippen LogP contribution in [0.2, 0.25) is 0 Å². The molecule has 1 fully saturated rings. The number of methoxy groups -OCH3 is 1. The Bertz CT molecular complexity index is 1070. The Kier molecular flexibility index (Phi) is 7.75. The zero-order valence-corrected chi connectivity index (χ0v) is 20.4. The van der Waals surface area contributed by atoms with Crippen molar-refractivity contribution < 1.29 is 28.2 Å². The predicted octanol–water partition coefficient (Wildman–Crippen LogP) is 3.79. The van der Waals surface area contributed by atoms with Gasteiger partial charge in [-0.15, -0.1) is 0 Å². The quantitative estimate of drug-likeness (QED) is 0.570. The molecule has 1 N–H and O–H groups in total. The molecule has 0 radical (unpaired) electrons. The number of fused-ring (bicyclic) bond motifs is 1. The number of benzene rings is 2. The molecule has 1 atom stereocenters. The maximum atomic E-state index is 15.1. The molecule has 4 rings (SSSR count). The molecule has 1 amide bonds. The lowest BCUT2D eigenvalue weighted by Gasteiger charge is -2.41. The molecule has 0 aromatic heterocycles. The van der Waals surface area contributed by atoms with E-state index < -0.39 is 11.9 Å². The lowest BCUT2D eigenvalue weighted by atomic mass is 10.0. The molecule has 8 nitrogen and oxygen atoms in total. The largest absolute Gasteiger partial charge is 0.468 e. The zero-order chi connectivity index (χ0) is 24.9. The highest BCUT2D eigenvalue weighted by Crippen LogP contribution is 2.33. The third-order valence-electron chi connectivity index (χ3n) is 6.70. The number of hydrogen-bond donors (Lipinski definition) is 1. The van der Waals surface area contributed by atoms with E-state index >= 15 is 4.39 Å². The molecule has 2 aromatic carbocycles. The third kappa shape index (κ3) is 5.51. The van der Waals surface area contributed by atoms with Crippen LogP contribution in [0.4, 0.5) is 15.8 Å². The summed E-state index contributed by atoms with van der Waals surface area (Å²) in [6.07, 6.45) is 1.46. The Morgan fingerprint density at radius 2 is 1.89 bits per heavy atom. The van der Waals surface area contributed by atoms with Gasteiger partial charge in [0.15, 0.2) is 11.5 Å². The Morgan fingerprint density at radius 3 is 2.60 bits per heavy atom. The first-order valence-corrected chi connectivity index (χ1v) is 12.0. The summed E-state index contributed by atoms with van der Waals surface area (Å²) in [5.41, 5.74) is 1.80. The number of piperazine rings is 1. The lowest BCUT2D eigenvalue weighted by Crippen LogP contribution is -2.56. The van der Waals surface area contributed by atoms with Gasteiger partial charge in [0.25, 0.3) is 0 Å². The highest BCUT2D eigenvalue weighted by atomic mass is 19.1. The predicted molar refractivity (Wildman–Crippen MR) is 130 cm³/mol. The van der Waals surface area contributed by atoms with E-state index in [1.165, 1.54) is 13.2 Å². The summed E-state index contributed by atoms with van der Waals surface area (Å²) in [6.45, 7) is 6.01. The second-order valence-electron chi connectivity index (χ2n) is 8.81. The van der Waals surface area contributed by atoms with Crippen molar-refractivity contribution in [1.82, 2.24) is 4.90 Å². The smallest absolute Gasteiger partial charge is 0.324 e. The summed E-state index contributed by atoms with van der Waals surface area (Å²) in [6, 6.07) is 9.85. The average Bonchev–Trinajstić information content (AvgIpc) is 3.33. The van der Waals surface area contributed by atoms with Crippen molar-refractivity contribution in [2.24, 2.45) is 5.92 Å². The topological polar surface area (TPSA) is 80.3 Å². The molecule has 0 spiro atoms. The Balaban J connectivity index is 1.46. The number of rotatable bonds is 8. The van der Waals surface area contributed by atoms with Crippen LogP contribution < -0.4 is 19.7 Å². The van der Waals surface area contributed by atoms with Gasteiger partial charge in [-0.2, -0.15) is 0 Å². The van der Waals surface area contributed by atoms with Crippen LogP contribution >= 0.6 is 0 Å². The van der Waals surface area contributed by atoms with Crippen LogP contribution in [0.5, 0.6) is 11.5 Å². The summed E-state index contributed by atoms with van der Waals surface area (Å²) >= 11 is 0. The van der Waals surface area contributed by atoms with Gasteiger partial charge in [0.1, 0.15) is 11.9 Å². The number of carbonyl (C=O) groups excluding carboxylic acids is 2. The van der Waals surface area contributed by atoms with Crippen molar-refractivity contribution in [2.75, 3.05) is 43.8 Å². The molecule has 1 unspecified atom stereocenters. The molecule has 2 heterocycles. The van der Waals surface area contributed by atoms with Crippen molar-refractivity contribution in [2.45, 2.75) is 39.3 Å². The van der Waals surface area contributed by atoms with Gasteiger partial charge in [-0.3, -0.25) is 14.5 Å². The molecule has 2 aromatic rings. The van der Waals surface area contributed by atoms with E-state index in [9.17, 15) is 9.59 Å². The molecule has 35 heavy (non-hydrogen) atoms. The molecule has 0 saturated carbocycles. The van der Waals surface area contributed by atoms with E-state index in [1.807, 2.05) is 41.8 Å². The fourth-order valence-corrected chi connectivity index (χ4v) is 4.61. The van der Waals surface area contributed by atoms with E-state index in [1.54, 1.807) is 12.1 Å². The van der Waals surface area contributed by atoms with Crippen LogP contribution in [0.15, 0.2) is 36.4 Å². The van der Waals surface area contributed by atoms with Gasteiger partial charge >= 0.3 is 5.97 Å². The van der Waals surface area contributed by atoms with E-state index in [-0.39, 0.29) is 31.1 Å². The molecule has 1 saturated heterocycles. The maximum absolute atomic E-state index is 15.1. The number of nitrogens with one attached hydrogen (secondary N) is 1. The number of amides is 1. The van der Waals surface area contributed by atoms with Crippen molar-refractivity contribution >= 4 is 23.3 Å². The van der Waals surface area contributed by atoms with Crippen molar-refractivity contribution in [1.29, 1.82) is 0 Å². The number of halogens is 1. The van der Waals surface area contributed by atoms with E-state index in [0.717, 1.165) is 18.4 Å². The summed E-state index contributed by atoms with van der Waals surface area (Å²) in [4.78, 5) is 28.9. The highest BCUT2D eigenvalue weighted by Gasteiger charge is 2.34. The summed E-state index contributed by atoms with van der Waals surface area (Å²) in [5.74, 6) is 0.374. The summed E-state index contributed by atoms with van der Waals surface area (Å²) in [7, 11) is 1.36. The standard InChI is InChI=1S/C26H32FN3O5/c1-4-18(5-2)25(31)28-19-7-8-21(20(27)13-19)30-11-10-29(22(15-30)26(32)33-3)14-17-6-9-23-24(12-17)35-16-34-23/h6-9,12-13,18,22H,4-5,10-11,14-16H2,1-3H3,(H,28,31). The normalized spacial score (nSPS) is 17.5. The average molecular weight is 486 g/mol.